The molecule has 1 aliphatic rings. The first-order valence-electron chi connectivity index (χ1n) is 6.89. The molecule has 104 valence electrons. The summed E-state index contributed by atoms with van der Waals surface area (Å²) < 4.78 is 0. The highest BCUT2D eigenvalue weighted by Gasteiger charge is 2.22. The zero-order valence-electron chi connectivity index (χ0n) is 11.3. The minimum Gasteiger partial charge on any atom is -0.311 e. The molecule has 1 atom stereocenters. The highest BCUT2D eigenvalue weighted by Crippen LogP contribution is 2.16. The molecule has 0 radical (unpaired) electrons. The Morgan fingerprint density at radius 3 is 3.11 bits per heavy atom. The molecule has 1 N–H and O–H groups in total. The largest absolute Gasteiger partial charge is 0.311 e. The van der Waals surface area contributed by atoms with E-state index in [9.17, 15) is 10.1 Å². The Labute approximate surface area is 113 Å². The second kappa shape index (κ2) is 6.63. The van der Waals surface area contributed by atoms with E-state index in [2.05, 4.69) is 17.1 Å². The summed E-state index contributed by atoms with van der Waals surface area (Å²) in [5.41, 5.74) is 1.13. The van der Waals surface area contributed by atoms with Gasteiger partial charge in [0.25, 0.3) is 5.69 Å². The van der Waals surface area contributed by atoms with E-state index in [1.54, 1.807) is 12.1 Å². The Morgan fingerprint density at radius 1 is 1.53 bits per heavy atom. The third-order valence-electron chi connectivity index (χ3n) is 3.74. The van der Waals surface area contributed by atoms with Gasteiger partial charge in [0.15, 0.2) is 0 Å². The average molecular weight is 263 g/mol. The van der Waals surface area contributed by atoms with Crippen LogP contribution in [0.5, 0.6) is 0 Å². The minimum atomic E-state index is -0.348. The van der Waals surface area contributed by atoms with Gasteiger partial charge in [0.2, 0.25) is 0 Å². The Morgan fingerprint density at radius 2 is 2.37 bits per heavy atom. The van der Waals surface area contributed by atoms with Crippen LogP contribution in [0.2, 0.25) is 0 Å². The SMILES string of the molecule is CCN1CCCC1CNCc1cccc([N+](=O)[O-])c1. The first-order chi connectivity index (χ1) is 9.20. The lowest BCUT2D eigenvalue weighted by Gasteiger charge is -2.22. The van der Waals surface area contributed by atoms with Gasteiger partial charge >= 0.3 is 0 Å². The van der Waals surface area contributed by atoms with Crippen LogP contribution in [0.3, 0.4) is 0 Å². The van der Waals surface area contributed by atoms with Crippen LogP contribution in [-0.2, 0) is 6.54 Å². The molecule has 1 fully saturated rings. The molecule has 1 heterocycles. The number of nitro groups is 1. The van der Waals surface area contributed by atoms with Crippen molar-refractivity contribution in [2.75, 3.05) is 19.6 Å². The van der Waals surface area contributed by atoms with Gasteiger partial charge in [-0.1, -0.05) is 19.1 Å². The van der Waals surface area contributed by atoms with Crippen LogP contribution in [0, 0.1) is 10.1 Å². The van der Waals surface area contributed by atoms with Gasteiger partial charge < -0.3 is 5.32 Å². The first kappa shape index (κ1) is 14.0. The van der Waals surface area contributed by atoms with E-state index in [-0.39, 0.29) is 10.6 Å². The fourth-order valence-corrected chi connectivity index (χ4v) is 2.71. The Hall–Kier alpha value is -1.46. The molecule has 0 aliphatic carbocycles. The number of likely N-dealkylation sites (tertiary alicyclic amines) is 1. The first-order valence-corrected chi connectivity index (χ1v) is 6.89. The highest BCUT2D eigenvalue weighted by atomic mass is 16.6. The van der Waals surface area contributed by atoms with Gasteiger partial charge in [-0.05, 0) is 31.5 Å². The molecule has 1 saturated heterocycles. The lowest BCUT2D eigenvalue weighted by atomic mass is 10.2. The zero-order chi connectivity index (χ0) is 13.7. The van der Waals surface area contributed by atoms with Gasteiger partial charge in [-0.2, -0.15) is 0 Å². The molecule has 0 saturated carbocycles. The molecular formula is C14H21N3O2. The predicted octanol–water partition coefficient (Wildman–Crippen LogP) is 2.17. The van der Waals surface area contributed by atoms with Crippen LogP contribution in [-0.4, -0.2) is 35.5 Å². The summed E-state index contributed by atoms with van der Waals surface area (Å²) in [4.78, 5) is 12.8. The number of rotatable bonds is 6. The van der Waals surface area contributed by atoms with Crippen molar-refractivity contribution in [2.24, 2.45) is 0 Å². The zero-order valence-corrected chi connectivity index (χ0v) is 11.3. The van der Waals surface area contributed by atoms with Crippen molar-refractivity contribution in [1.82, 2.24) is 10.2 Å². The monoisotopic (exact) mass is 263 g/mol. The average Bonchev–Trinajstić information content (AvgIpc) is 2.86. The second-order valence-electron chi connectivity index (χ2n) is 4.98. The predicted molar refractivity (Wildman–Crippen MR) is 75.1 cm³/mol. The van der Waals surface area contributed by atoms with Crippen molar-refractivity contribution in [1.29, 1.82) is 0 Å². The molecule has 0 bridgehead atoms. The lowest BCUT2D eigenvalue weighted by molar-refractivity contribution is -0.384. The Kier molecular flexibility index (Phi) is 4.87. The smallest absolute Gasteiger partial charge is 0.269 e. The maximum Gasteiger partial charge on any atom is 0.269 e. The molecule has 1 unspecified atom stereocenters. The van der Waals surface area contributed by atoms with Gasteiger partial charge in [-0.25, -0.2) is 0 Å². The number of likely N-dealkylation sites (N-methyl/N-ethyl adjacent to an activating group) is 1. The van der Waals surface area contributed by atoms with E-state index < -0.39 is 0 Å². The minimum absolute atomic E-state index is 0.162. The van der Waals surface area contributed by atoms with Crippen molar-refractivity contribution >= 4 is 5.69 Å². The standard InChI is InChI=1S/C14H21N3O2/c1-2-16-8-4-7-14(16)11-15-10-12-5-3-6-13(9-12)17(18)19/h3,5-6,9,14-15H,2,4,7-8,10-11H2,1H3. The second-order valence-corrected chi connectivity index (χ2v) is 4.98. The lowest BCUT2D eigenvalue weighted by Crippen LogP contribution is -2.37. The normalized spacial score (nSPS) is 19.7. The maximum absolute atomic E-state index is 10.7. The van der Waals surface area contributed by atoms with Gasteiger partial charge in [-0.15, -0.1) is 0 Å². The summed E-state index contributed by atoms with van der Waals surface area (Å²) in [5.74, 6) is 0. The highest BCUT2D eigenvalue weighted by molar-refractivity contribution is 5.34. The molecular weight excluding hydrogens is 242 g/mol. The summed E-state index contributed by atoms with van der Waals surface area (Å²) in [7, 11) is 0. The van der Waals surface area contributed by atoms with Crippen LogP contribution in [0.1, 0.15) is 25.3 Å². The molecule has 5 heteroatoms. The number of nitro benzene ring substituents is 1. The quantitative estimate of drug-likeness (QED) is 0.631. The number of hydrogen-bond acceptors (Lipinski definition) is 4. The van der Waals surface area contributed by atoms with Gasteiger partial charge in [-0.3, -0.25) is 15.0 Å². The van der Waals surface area contributed by atoms with Crippen molar-refractivity contribution in [3.63, 3.8) is 0 Å². The van der Waals surface area contributed by atoms with Crippen LogP contribution in [0.4, 0.5) is 5.69 Å². The van der Waals surface area contributed by atoms with E-state index in [1.165, 1.54) is 25.5 Å². The number of nitrogens with one attached hydrogen (secondary N) is 1. The number of nitrogens with zero attached hydrogens (tertiary/aromatic N) is 2. The summed E-state index contributed by atoms with van der Waals surface area (Å²) in [6.45, 7) is 6.13. The number of hydrogen-bond donors (Lipinski definition) is 1. The van der Waals surface area contributed by atoms with Gasteiger partial charge in [0, 0.05) is 31.3 Å². The van der Waals surface area contributed by atoms with E-state index in [4.69, 9.17) is 0 Å². The third-order valence-corrected chi connectivity index (χ3v) is 3.74. The Balaban J connectivity index is 1.82. The Bertz CT molecular complexity index is 436. The van der Waals surface area contributed by atoms with Gasteiger partial charge in [0.1, 0.15) is 0 Å². The van der Waals surface area contributed by atoms with Gasteiger partial charge in [0.05, 0.1) is 4.92 Å². The number of non-ortho nitro benzene ring substituents is 1. The maximum atomic E-state index is 10.7. The van der Waals surface area contributed by atoms with Crippen molar-refractivity contribution in [3.05, 3.63) is 39.9 Å². The topological polar surface area (TPSA) is 58.4 Å². The van der Waals surface area contributed by atoms with Crippen molar-refractivity contribution in [3.8, 4) is 0 Å². The van der Waals surface area contributed by atoms with E-state index in [0.717, 1.165) is 18.7 Å². The van der Waals surface area contributed by atoms with Crippen LogP contribution in [0.15, 0.2) is 24.3 Å². The molecule has 0 aromatic heterocycles. The fraction of sp³-hybridized carbons (Fsp3) is 0.571. The van der Waals surface area contributed by atoms with E-state index >= 15 is 0 Å². The summed E-state index contributed by atoms with van der Waals surface area (Å²) >= 11 is 0. The van der Waals surface area contributed by atoms with Crippen LogP contribution in [0.25, 0.3) is 0 Å². The molecule has 2 rings (SSSR count). The summed E-state index contributed by atoms with van der Waals surface area (Å²) in [6, 6.07) is 7.44. The van der Waals surface area contributed by atoms with Crippen molar-refractivity contribution in [2.45, 2.75) is 32.4 Å². The molecule has 1 aromatic carbocycles. The number of benzene rings is 1. The molecule has 1 aromatic rings. The van der Waals surface area contributed by atoms with E-state index in [0.29, 0.717) is 12.6 Å². The summed E-state index contributed by atoms with van der Waals surface area (Å²) in [5, 5.41) is 14.1. The van der Waals surface area contributed by atoms with Crippen LogP contribution < -0.4 is 5.32 Å². The molecule has 5 nitrogen and oxygen atoms in total. The fourth-order valence-electron chi connectivity index (χ4n) is 2.71. The van der Waals surface area contributed by atoms with Crippen molar-refractivity contribution < 1.29 is 4.92 Å². The van der Waals surface area contributed by atoms with Crippen LogP contribution >= 0.6 is 0 Å². The molecule has 0 spiro atoms. The molecule has 19 heavy (non-hydrogen) atoms. The van der Waals surface area contributed by atoms with E-state index in [1.807, 2.05) is 6.07 Å². The molecule has 0 amide bonds. The summed E-state index contributed by atoms with van der Waals surface area (Å²) in [6.07, 6.45) is 2.52. The third kappa shape index (κ3) is 3.75. The molecule has 1 aliphatic heterocycles.